The van der Waals surface area contributed by atoms with Crippen LogP contribution in [0.15, 0.2) is 0 Å². The summed E-state index contributed by atoms with van der Waals surface area (Å²) in [5.41, 5.74) is 6.06. The Hall–Kier alpha value is -2.78. The van der Waals surface area contributed by atoms with Crippen LogP contribution in [0, 0.1) is 13.8 Å². The molecule has 108 valence electrons. The second-order valence-corrected chi connectivity index (χ2v) is 3.97. The maximum Gasteiger partial charge on any atom is 0.326 e. The van der Waals surface area contributed by atoms with Crippen molar-refractivity contribution in [3.8, 4) is 0 Å². The van der Waals surface area contributed by atoms with Crippen LogP contribution in [0.1, 0.15) is 17.8 Å². The van der Waals surface area contributed by atoms with E-state index >= 15 is 0 Å². The molecule has 10 heteroatoms. The number of amides is 3. The lowest BCUT2D eigenvalue weighted by atomic mass is 10.2. The van der Waals surface area contributed by atoms with E-state index in [0.29, 0.717) is 11.4 Å². The van der Waals surface area contributed by atoms with E-state index < -0.39 is 30.4 Å². The number of aliphatic carboxylic acids is 1. The molecule has 0 aliphatic heterocycles. The molecule has 0 bridgehead atoms. The standard InChI is InChI=1S/C10H14N6O4/c1-4-5(2)15-16-9(12-4)14-10(20)13-6(8(18)19)3-7(11)17/h6H,3H2,1-2H3,(H2,11,17)(H,18,19)(H2,12,13,14,16,20)/t6-/m0/s1. The number of hydrogen-bond acceptors (Lipinski definition) is 6. The zero-order chi connectivity index (χ0) is 15.3. The van der Waals surface area contributed by atoms with Crippen LogP contribution in [0.3, 0.4) is 0 Å². The minimum absolute atomic E-state index is 0.0752. The lowest BCUT2D eigenvalue weighted by molar-refractivity contribution is -0.140. The number of nitrogens with two attached hydrogens (primary N) is 1. The molecule has 0 fully saturated rings. The smallest absolute Gasteiger partial charge is 0.326 e. The topological polar surface area (TPSA) is 160 Å². The molecule has 0 aliphatic rings. The van der Waals surface area contributed by atoms with E-state index in [0.717, 1.165) is 0 Å². The highest BCUT2D eigenvalue weighted by Gasteiger charge is 2.22. The van der Waals surface area contributed by atoms with E-state index in [9.17, 15) is 14.4 Å². The molecule has 0 spiro atoms. The van der Waals surface area contributed by atoms with Gasteiger partial charge in [0.15, 0.2) is 0 Å². The summed E-state index contributed by atoms with van der Waals surface area (Å²) in [5.74, 6) is -2.30. The summed E-state index contributed by atoms with van der Waals surface area (Å²) in [6.45, 7) is 3.38. The first-order chi connectivity index (χ1) is 9.29. The van der Waals surface area contributed by atoms with E-state index in [4.69, 9.17) is 10.8 Å². The number of carboxylic acid groups (broad SMARTS) is 1. The molecule has 10 nitrogen and oxygen atoms in total. The monoisotopic (exact) mass is 282 g/mol. The van der Waals surface area contributed by atoms with Crippen molar-refractivity contribution in [3.05, 3.63) is 11.4 Å². The molecule has 1 aromatic heterocycles. The summed E-state index contributed by atoms with van der Waals surface area (Å²) >= 11 is 0. The Morgan fingerprint density at radius 1 is 1.25 bits per heavy atom. The fourth-order valence-electron chi connectivity index (χ4n) is 1.21. The van der Waals surface area contributed by atoms with Gasteiger partial charge in [-0.05, 0) is 13.8 Å². The average Bonchev–Trinajstić information content (AvgIpc) is 2.32. The normalized spacial score (nSPS) is 11.5. The summed E-state index contributed by atoms with van der Waals surface area (Å²) in [5, 5.41) is 20.5. The number of nitrogens with zero attached hydrogens (tertiary/aromatic N) is 3. The second kappa shape index (κ2) is 6.41. The molecular weight excluding hydrogens is 268 g/mol. The van der Waals surface area contributed by atoms with Gasteiger partial charge in [0.25, 0.3) is 5.95 Å². The number of rotatable bonds is 5. The largest absolute Gasteiger partial charge is 0.480 e. The first-order valence-electron chi connectivity index (χ1n) is 5.56. The van der Waals surface area contributed by atoms with Crippen LogP contribution in [-0.4, -0.2) is 44.2 Å². The summed E-state index contributed by atoms with van der Waals surface area (Å²) in [4.78, 5) is 37.0. The van der Waals surface area contributed by atoms with Gasteiger partial charge in [0.1, 0.15) is 6.04 Å². The number of primary amides is 1. The third-order valence-electron chi connectivity index (χ3n) is 2.33. The number of nitrogens with one attached hydrogen (secondary N) is 2. The SMILES string of the molecule is Cc1nnc(NC(=O)N[C@@H](CC(N)=O)C(=O)O)nc1C. The fraction of sp³-hybridized carbons (Fsp3) is 0.400. The highest BCUT2D eigenvalue weighted by atomic mass is 16.4. The van der Waals surface area contributed by atoms with Gasteiger partial charge in [-0.2, -0.15) is 5.10 Å². The lowest BCUT2D eigenvalue weighted by Gasteiger charge is -2.12. The van der Waals surface area contributed by atoms with Gasteiger partial charge in [0.2, 0.25) is 5.91 Å². The Balaban J connectivity index is 2.67. The molecular formula is C10H14N6O4. The van der Waals surface area contributed by atoms with Crippen molar-refractivity contribution in [1.29, 1.82) is 0 Å². The van der Waals surface area contributed by atoms with Crippen LogP contribution >= 0.6 is 0 Å². The third kappa shape index (κ3) is 4.48. The summed E-state index contributed by atoms with van der Waals surface area (Å²) in [7, 11) is 0. The molecule has 20 heavy (non-hydrogen) atoms. The van der Waals surface area contributed by atoms with Crippen LogP contribution in [0.25, 0.3) is 0 Å². The first kappa shape index (κ1) is 15.3. The van der Waals surface area contributed by atoms with Gasteiger partial charge in [0.05, 0.1) is 17.8 Å². The van der Waals surface area contributed by atoms with Crippen LogP contribution in [-0.2, 0) is 9.59 Å². The minimum atomic E-state index is -1.42. The van der Waals surface area contributed by atoms with Crippen molar-refractivity contribution in [2.45, 2.75) is 26.3 Å². The summed E-state index contributed by atoms with van der Waals surface area (Å²) in [6, 6.07) is -2.30. The van der Waals surface area contributed by atoms with Crippen LogP contribution in [0.2, 0.25) is 0 Å². The van der Waals surface area contributed by atoms with Crippen molar-refractivity contribution in [1.82, 2.24) is 20.5 Å². The van der Waals surface area contributed by atoms with Gasteiger partial charge in [0, 0.05) is 0 Å². The number of carbonyl (C=O) groups excluding carboxylic acids is 2. The van der Waals surface area contributed by atoms with Crippen molar-refractivity contribution < 1.29 is 19.5 Å². The second-order valence-electron chi connectivity index (χ2n) is 3.97. The number of anilines is 1. The van der Waals surface area contributed by atoms with Crippen molar-refractivity contribution in [3.63, 3.8) is 0 Å². The van der Waals surface area contributed by atoms with E-state index in [1.165, 1.54) is 0 Å². The molecule has 0 saturated carbocycles. The predicted octanol–water partition coefficient (Wildman–Crippen LogP) is -1.06. The van der Waals surface area contributed by atoms with Crippen molar-refractivity contribution in [2.75, 3.05) is 5.32 Å². The van der Waals surface area contributed by atoms with Gasteiger partial charge in [-0.15, -0.1) is 5.10 Å². The average molecular weight is 282 g/mol. The maximum atomic E-state index is 11.6. The van der Waals surface area contributed by atoms with Crippen LogP contribution in [0.4, 0.5) is 10.7 Å². The summed E-state index contributed by atoms with van der Waals surface area (Å²) < 4.78 is 0. The van der Waals surface area contributed by atoms with E-state index in [-0.39, 0.29) is 5.95 Å². The summed E-state index contributed by atoms with van der Waals surface area (Å²) in [6.07, 6.45) is -0.519. The molecule has 1 atom stereocenters. The maximum absolute atomic E-state index is 11.6. The van der Waals surface area contributed by atoms with Crippen molar-refractivity contribution >= 4 is 23.9 Å². The van der Waals surface area contributed by atoms with Gasteiger partial charge in [-0.3, -0.25) is 10.1 Å². The Labute approximate surface area is 113 Å². The Bertz CT molecular complexity index is 547. The van der Waals surface area contributed by atoms with Crippen LogP contribution in [0.5, 0.6) is 0 Å². The number of hydrogen-bond donors (Lipinski definition) is 4. The highest BCUT2D eigenvalue weighted by Crippen LogP contribution is 2.02. The Morgan fingerprint density at radius 2 is 1.90 bits per heavy atom. The Morgan fingerprint density at radius 3 is 2.40 bits per heavy atom. The van der Waals surface area contributed by atoms with E-state index in [1.807, 2.05) is 0 Å². The molecule has 5 N–H and O–H groups in total. The quantitative estimate of drug-likeness (QED) is 0.535. The molecule has 0 aliphatic carbocycles. The van der Waals surface area contributed by atoms with Gasteiger partial charge < -0.3 is 16.2 Å². The number of carboxylic acids is 1. The number of urea groups is 1. The minimum Gasteiger partial charge on any atom is -0.480 e. The van der Waals surface area contributed by atoms with E-state index in [2.05, 4.69) is 25.8 Å². The molecule has 0 radical (unpaired) electrons. The zero-order valence-electron chi connectivity index (χ0n) is 10.9. The molecule has 0 saturated heterocycles. The van der Waals surface area contributed by atoms with E-state index in [1.54, 1.807) is 13.8 Å². The highest BCUT2D eigenvalue weighted by molar-refractivity contribution is 5.92. The predicted molar refractivity (Wildman–Crippen MR) is 66.7 cm³/mol. The third-order valence-corrected chi connectivity index (χ3v) is 2.33. The molecule has 0 unspecified atom stereocenters. The Kier molecular flexibility index (Phi) is 4.89. The van der Waals surface area contributed by atoms with Gasteiger partial charge in [-0.25, -0.2) is 14.6 Å². The van der Waals surface area contributed by atoms with Gasteiger partial charge >= 0.3 is 12.0 Å². The molecule has 1 rings (SSSR count). The molecule has 0 aromatic carbocycles. The fourth-order valence-corrected chi connectivity index (χ4v) is 1.21. The lowest BCUT2D eigenvalue weighted by Crippen LogP contribution is -2.45. The first-order valence-corrected chi connectivity index (χ1v) is 5.56. The molecule has 3 amide bonds. The molecule has 1 heterocycles. The van der Waals surface area contributed by atoms with Crippen molar-refractivity contribution in [2.24, 2.45) is 5.73 Å². The molecule has 1 aromatic rings. The number of aromatic nitrogens is 3. The zero-order valence-corrected chi connectivity index (χ0v) is 10.9. The number of aryl methyl sites for hydroxylation is 2. The van der Waals surface area contributed by atoms with Gasteiger partial charge in [-0.1, -0.05) is 0 Å². The van der Waals surface area contributed by atoms with Crippen LogP contribution < -0.4 is 16.4 Å². The number of carbonyl (C=O) groups is 3.